The van der Waals surface area contributed by atoms with E-state index >= 15 is 0 Å². The number of hydrogen-bond donors (Lipinski definition) is 5. The first-order valence-corrected chi connectivity index (χ1v) is 8.91. The van der Waals surface area contributed by atoms with Crippen molar-refractivity contribution in [1.29, 1.82) is 0 Å². The van der Waals surface area contributed by atoms with Gasteiger partial charge in [0.2, 0.25) is 5.88 Å². The highest BCUT2D eigenvalue weighted by Gasteiger charge is 2.58. The van der Waals surface area contributed by atoms with Crippen molar-refractivity contribution in [2.75, 3.05) is 13.2 Å². The van der Waals surface area contributed by atoms with Gasteiger partial charge in [-0.2, -0.15) is 0 Å². The molecule has 0 aliphatic carbocycles. The first-order chi connectivity index (χ1) is 14.3. The number of aliphatic hydroxyl groups excluding tert-OH is 2. The maximum atomic E-state index is 12.8. The summed E-state index contributed by atoms with van der Waals surface area (Å²) in [5.41, 5.74) is 5.20. The number of imidazole rings is 1. The van der Waals surface area contributed by atoms with Crippen LogP contribution in [0.25, 0.3) is 0 Å². The number of rotatable bonds is 5. The molecule has 1 fully saturated rings. The lowest BCUT2D eigenvalue weighted by molar-refractivity contribution is -0.311. The van der Waals surface area contributed by atoms with E-state index in [1.54, 1.807) is 12.1 Å². The number of ether oxygens (including phenoxy) is 2. The Balaban J connectivity index is 1.68. The van der Waals surface area contributed by atoms with Gasteiger partial charge in [-0.1, -0.05) is 12.1 Å². The summed E-state index contributed by atoms with van der Waals surface area (Å²) in [6, 6.07) is 4.76. The molecule has 0 saturated carbocycles. The highest BCUT2D eigenvalue weighted by atomic mass is 16.7. The van der Waals surface area contributed by atoms with Crippen LogP contribution in [0.1, 0.15) is 31.2 Å². The number of H-pyrrole nitrogens is 1. The number of aromatic nitrogens is 2. The fraction of sp³-hybridized carbons (Fsp3) is 0.333. The maximum absolute atomic E-state index is 12.8. The second kappa shape index (κ2) is 7.18. The second-order valence-electron chi connectivity index (χ2n) is 6.84. The fourth-order valence-corrected chi connectivity index (χ4v) is 3.62. The van der Waals surface area contributed by atoms with E-state index in [9.17, 15) is 29.7 Å². The molecule has 0 bridgehead atoms. The first-order valence-electron chi connectivity index (χ1n) is 8.91. The van der Waals surface area contributed by atoms with E-state index in [0.717, 1.165) is 11.2 Å². The minimum Gasteiger partial charge on any atom is -0.438 e. The standard InChI is InChI=1S/C18H18N4O8/c19-14(25)12-15(21-7-20-12)30-18(28)11(5-23)29-6-10(13(18)24)22-16(26)8-3-1-2-4-9(8)17(22)27/h1-4,7,10-11,13,23-24,28H,5-6H2,(H2,19,25)(H,20,21)/t10-,11-,13-,18-/m1/s1. The number of benzene rings is 1. The van der Waals surface area contributed by atoms with Crippen molar-refractivity contribution < 1.29 is 39.2 Å². The van der Waals surface area contributed by atoms with E-state index in [1.165, 1.54) is 12.1 Å². The van der Waals surface area contributed by atoms with Crippen LogP contribution in [-0.2, 0) is 4.74 Å². The molecule has 6 N–H and O–H groups in total. The van der Waals surface area contributed by atoms with E-state index in [1.807, 2.05) is 0 Å². The number of fused-ring (bicyclic) bond motifs is 1. The number of carbonyl (C=O) groups is 3. The smallest absolute Gasteiger partial charge is 0.270 e. The molecule has 30 heavy (non-hydrogen) atoms. The Hall–Kier alpha value is -3.32. The third-order valence-corrected chi connectivity index (χ3v) is 5.15. The number of aliphatic hydroxyl groups is 3. The Morgan fingerprint density at radius 3 is 2.53 bits per heavy atom. The van der Waals surface area contributed by atoms with Gasteiger partial charge in [0.1, 0.15) is 12.2 Å². The number of primary amides is 1. The van der Waals surface area contributed by atoms with Crippen LogP contribution in [0.3, 0.4) is 0 Å². The SMILES string of the molecule is NC(=O)c1[nH]cnc1O[C@@]1(O)[C@H](O)[C@H](N2C(=O)c3ccccc3C2=O)CO[C@@H]1CO. The summed E-state index contributed by atoms with van der Waals surface area (Å²) in [5.74, 6) is -5.41. The number of nitrogens with two attached hydrogens (primary N) is 1. The number of amides is 3. The Labute approximate surface area is 168 Å². The zero-order chi connectivity index (χ0) is 21.6. The van der Waals surface area contributed by atoms with Crippen LogP contribution in [0.4, 0.5) is 0 Å². The molecule has 2 aromatic rings. The summed E-state index contributed by atoms with van der Waals surface area (Å²) in [7, 11) is 0. The summed E-state index contributed by atoms with van der Waals surface area (Å²) in [5, 5.41) is 31.6. The van der Waals surface area contributed by atoms with Gasteiger partial charge in [0.25, 0.3) is 23.5 Å². The van der Waals surface area contributed by atoms with Crippen molar-refractivity contribution in [2.24, 2.45) is 5.73 Å². The highest BCUT2D eigenvalue weighted by molar-refractivity contribution is 6.21. The molecule has 4 rings (SSSR count). The Bertz CT molecular complexity index is 988. The Morgan fingerprint density at radius 2 is 1.97 bits per heavy atom. The summed E-state index contributed by atoms with van der Waals surface area (Å²) in [6.07, 6.45) is -2.32. The minimum absolute atomic E-state index is 0.145. The molecule has 4 atom stereocenters. The normalized spacial score (nSPS) is 28.5. The van der Waals surface area contributed by atoms with Crippen molar-refractivity contribution in [3.05, 3.63) is 47.4 Å². The largest absolute Gasteiger partial charge is 0.438 e. The lowest BCUT2D eigenvalue weighted by Gasteiger charge is -2.46. The van der Waals surface area contributed by atoms with Crippen LogP contribution in [0.15, 0.2) is 30.6 Å². The zero-order valence-corrected chi connectivity index (χ0v) is 15.4. The number of nitrogens with zero attached hydrogens (tertiary/aromatic N) is 2. The van der Waals surface area contributed by atoms with Gasteiger partial charge in [-0.15, -0.1) is 0 Å². The predicted molar refractivity (Wildman–Crippen MR) is 96.2 cm³/mol. The average molecular weight is 418 g/mol. The van der Waals surface area contributed by atoms with Crippen molar-refractivity contribution in [3.63, 3.8) is 0 Å². The van der Waals surface area contributed by atoms with Crippen molar-refractivity contribution in [2.45, 2.75) is 24.0 Å². The van der Waals surface area contributed by atoms with Crippen LogP contribution in [-0.4, -0.2) is 85.2 Å². The van der Waals surface area contributed by atoms with Crippen molar-refractivity contribution >= 4 is 17.7 Å². The number of carbonyl (C=O) groups excluding carboxylic acids is 3. The van der Waals surface area contributed by atoms with Gasteiger partial charge in [-0.05, 0) is 12.1 Å². The van der Waals surface area contributed by atoms with Crippen LogP contribution < -0.4 is 10.5 Å². The maximum Gasteiger partial charge on any atom is 0.270 e. The third kappa shape index (κ3) is 2.85. The molecule has 1 aromatic carbocycles. The van der Waals surface area contributed by atoms with Gasteiger partial charge in [0.15, 0.2) is 5.69 Å². The number of imide groups is 1. The molecule has 12 heteroatoms. The molecule has 3 amide bonds. The Kier molecular flexibility index (Phi) is 4.78. The van der Waals surface area contributed by atoms with E-state index in [0.29, 0.717) is 0 Å². The second-order valence-corrected chi connectivity index (χ2v) is 6.84. The number of hydrogen-bond acceptors (Lipinski definition) is 9. The fourth-order valence-electron chi connectivity index (χ4n) is 3.62. The van der Waals surface area contributed by atoms with E-state index < -0.39 is 54.2 Å². The molecule has 12 nitrogen and oxygen atoms in total. The molecule has 1 aromatic heterocycles. The average Bonchev–Trinajstić information content (AvgIpc) is 3.28. The van der Waals surface area contributed by atoms with Crippen LogP contribution in [0.5, 0.6) is 5.88 Å². The Morgan fingerprint density at radius 1 is 1.33 bits per heavy atom. The van der Waals surface area contributed by atoms with Gasteiger partial charge < -0.3 is 35.5 Å². The lowest BCUT2D eigenvalue weighted by Crippen LogP contribution is -2.70. The zero-order valence-electron chi connectivity index (χ0n) is 15.4. The number of nitrogens with one attached hydrogen (secondary N) is 1. The monoisotopic (exact) mass is 418 g/mol. The molecular formula is C18H18N4O8. The quantitative estimate of drug-likeness (QED) is 0.270. The molecule has 2 aliphatic heterocycles. The van der Waals surface area contributed by atoms with Crippen LogP contribution in [0, 0.1) is 0 Å². The molecule has 1 saturated heterocycles. The van der Waals surface area contributed by atoms with Crippen molar-refractivity contribution in [1.82, 2.24) is 14.9 Å². The van der Waals surface area contributed by atoms with Gasteiger partial charge in [-0.25, -0.2) is 4.98 Å². The molecule has 158 valence electrons. The van der Waals surface area contributed by atoms with E-state index in [2.05, 4.69) is 9.97 Å². The van der Waals surface area contributed by atoms with Gasteiger partial charge >= 0.3 is 0 Å². The van der Waals surface area contributed by atoms with Crippen molar-refractivity contribution in [3.8, 4) is 5.88 Å². The van der Waals surface area contributed by atoms with Gasteiger partial charge in [0.05, 0.1) is 36.7 Å². The minimum atomic E-state index is -2.66. The van der Waals surface area contributed by atoms with Crippen LogP contribution in [0.2, 0.25) is 0 Å². The molecule has 0 unspecified atom stereocenters. The topological polar surface area (TPSA) is 188 Å². The summed E-state index contributed by atoms with van der Waals surface area (Å²) in [6.45, 7) is -1.15. The van der Waals surface area contributed by atoms with E-state index in [-0.39, 0.29) is 23.4 Å². The lowest BCUT2D eigenvalue weighted by atomic mass is 9.93. The molecular weight excluding hydrogens is 400 g/mol. The first kappa shape index (κ1) is 20.0. The third-order valence-electron chi connectivity index (χ3n) is 5.15. The highest BCUT2D eigenvalue weighted by Crippen LogP contribution is 2.35. The molecule has 0 radical (unpaired) electrons. The summed E-state index contributed by atoms with van der Waals surface area (Å²) in [4.78, 5) is 44.0. The molecule has 3 heterocycles. The predicted octanol–water partition coefficient (Wildman–Crippen LogP) is -2.01. The summed E-state index contributed by atoms with van der Waals surface area (Å²) >= 11 is 0. The molecule has 0 spiro atoms. The van der Waals surface area contributed by atoms with Gasteiger partial charge in [0, 0.05) is 0 Å². The molecule has 2 aliphatic rings. The van der Waals surface area contributed by atoms with Crippen LogP contribution >= 0.6 is 0 Å². The van der Waals surface area contributed by atoms with E-state index in [4.69, 9.17) is 15.2 Å². The summed E-state index contributed by atoms with van der Waals surface area (Å²) < 4.78 is 10.8. The number of aromatic amines is 1. The van der Waals surface area contributed by atoms with Gasteiger partial charge in [-0.3, -0.25) is 19.3 Å².